The summed E-state index contributed by atoms with van der Waals surface area (Å²) in [6.07, 6.45) is 8.54. The maximum absolute atomic E-state index is 11.1. The standard InChI is InChI=1S/C24H24Cl2N2O6S4.C6H13N/c1-16(12-23-27(8-2-10-37(29,30)31)19-14-17(25)4-6-21(19)35-23)13-24-28(9-3-11-38(32,33)34)20-15-18(26)5-7-22(20)36-24;1-7-5-3-2-4-6-7/h4-7,12-15H,2-3,8-11H2,1H3,(H-,29,30,31,32,33,34);2-6H2,1H3/p-1. The molecule has 1 saturated heterocycles. The average molecular weight is 734 g/mol. The molecule has 2 aromatic carbocycles. The summed E-state index contributed by atoms with van der Waals surface area (Å²) in [6, 6.07) is 11.0. The number of rotatable bonds is 10. The molecule has 0 amide bonds. The van der Waals surface area contributed by atoms with Crippen LogP contribution in [0.3, 0.4) is 0 Å². The number of nitrogens with zero attached hydrogens (tertiary/aromatic N) is 3. The fourth-order valence-corrected chi connectivity index (χ4v) is 8.76. The number of benzene rings is 2. The topological polar surface area (TPSA) is 125 Å². The third kappa shape index (κ3) is 11.2. The Morgan fingerprint density at radius 1 is 0.956 bits per heavy atom. The predicted octanol–water partition coefficient (Wildman–Crippen LogP) is 6.33. The Morgan fingerprint density at radius 2 is 1.60 bits per heavy atom. The highest BCUT2D eigenvalue weighted by Gasteiger charge is 2.26. The molecule has 1 aromatic heterocycles. The number of likely N-dealkylation sites (tertiary alicyclic amines) is 1. The number of anilines is 1. The van der Waals surface area contributed by atoms with Gasteiger partial charge in [0.25, 0.3) is 5.01 Å². The van der Waals surface area contributed by atoms with Gasteiger partial charge in [0.2, 0.25) is 5.52 Å². The number of hydrogen-bond donors (Lipinski definition) is 0. The molecule has 2 aliphatic rings. The molecule has 0 radical (unpaired) electrons. The SMILES string of the molecule is CC(/C=C1\Sc2ccc(Cl)cc2N1CCCS(=O)(=O)[O-])=C\c1sc2ccc(Cl)cc2[n+]1CCCS(=O)(=O)[O-].CN1CCCCC1. The molecule has 3 heterocycles. The predicted molar refractivity (Wildman–Crippen MR) is 183 cm³/mol. The van der Waals surface area contributed by atoms with Gasteiger partial charge in [-0.3, -0.25) is 0 Å². The molecule has 0 bridgehead atoms. The van der Waals surface area contributed by atoms with Gasteiger partial charge < -0.3 is 18.9 Å². The number of halogens is 2. The van der Waals surface area contributed by atoms with Crippen molar-refractivity contribution in [2.24, 2.45) is 0 Å². The number of thioether (sulfide) groups is 1. The van der Waals surface area contributed by atoms with Crippen molar-refractivity contribution in [1.29, 1.82) is 0 Å². The second-order valence-electron chi connectivity index (χ2n) is 11.0. The lowest BCUT2D eigenvalue weighted by Crippen LogP contribution is -2.36. The van der Waals surface area contributed by atoms with E-state index in [-0.39, 0.29) is 12.8 Å². The van der Waals surface area contributed by atoms with Crippen LogP contribution in [0.5, 0.6) is 0 Å². The van der Waals surface area contributed by atoms with Crippen LogP contribution in [0.4, 0.5) is 5.69 Å². The quantitative estimate of drug-likeness (QED) is 0.174. The van der Waals surface area contributed by atoms with Gasteiger partial charge >= 0.3 is 0 Å². The van der Waals surface area contributed by atoms with Crippen molar-refractivity contribution >= 4 is 88.5 Å². The third-order valence-electron chi connectivity index (χ3n) is 7.22. The summed E-state index contributed by atoms with van der Waals surface area (Å²) in [7, 11) is -6.46. The van der Waals surface area contributed by atoms with Gasteiger partial charge in [0.1, 0.15) is 4.70 Å². The Morgan fingerprint density at radius 3 is 2.24 bits per heavy atom. The van der Waals surface area contributed by atoms with E-state index >= 15 is 0 Å². The fraction of sp³-hybridized carbons (Fsp3) is 0.433. The van der Waals surface area contributed by atoms with Crippen LogP contribution in [0.2, 0.25) is 10.0 Å². The summed E-state index contributed by atoms with van der Waals surface area (Å²) in [4.78, 5) is 5.30. The third-order valence-corrected chi connectivity index (χ3v) is 11.5. The summed E-state index contributed by atoms with van der Waals surface area (Å²) in [6.45, 7) is 5.21. The normalized spacial score (nSPS) is 17.1. The largest absolute Gasteiger partial charge is 0.748 e. The van der Waals surface area contributed by atoms with E-state index in [1.807, 2.05) is 52.8 Å². The summed E-state index contributed by atoms with van der Waals surface area (Å²) in [5, 5.41) is 2.80. The molecule has 0 spiro atoms. The van der Waals surface area contributed by atoms with E-state index in [2.05, 4.69) is 11.9 Å². The molecule has 0 saturated carbocycles. The Bertz CT molecular complexity index is 1790. The first-order valence-corrected chi connectivity index (χ1v) is 20.1. The number of piperidine rings is 1. The van der Waals surface area contributed by atoms with E-state index in [1.165, 1.54) is 55.5 Å². The molecule has 0 atom stereocenters. The molecule has 3 aromatic rings. The smallest absolute Gasteiger partial charge is 0.263 e. The zero-order valence-corrected chi connectivity index (χ0v) is 29.9. The minimum atomic E-state index is -4.33. The highest BCUT2D eigenvalue weighted by atomic mass is 35.5. The molecule has 9 nitrogen and oxygen atoms in total. The molecule has 2 aliphatic heterocycles. The van der Waals surface area contributed by atoms with E-state index in [0.29, 0.717) is 23.1 Å². The van der Waals surface area contributed by atoms with E-state index in [4.69, 9.17) is 23.2 Å². The van der Waals surface area contributed by atoms with Gasteiger partial charge in [-0.1, -0.05) is 52.7 Å². The van der Waals surface area contributed by atoms with Crippen LogP contribution in [-0.2, 0) is 26.8 Å². The minimum Gasteiger partial charge on any atom is -0.748 e. The van der Waals surface area contributed by atoms with Gasteiger partial charge in [0.15, 0.2) is 6.54 Å². The number of allylic oxidation sites excluding steroid dienone is 2. The van der Waals surface area contributed by atoms with Gasteiger partial charge in [-0.25, -0.2) is 16.8 Å². The van der Waals surface area contributed by atoms with Gasteiger partial charge in [-0.05, 0) is 88.3 Å². The molecular weight excluding hydrogens is 698 g/mol. The molecule has 246 valence electrons. The molecule has 45 heavy (non-hydrogen) atoms. The van der Waals surface area contributed by atoms with Crippen LogP contribution >= 0.6 is 46.3 Å². The van der Waals surface area contributed by atoms with Crippen molar-refractivity contribution in [3.8, 4) is 0 Å². The average Bonchev–Trinajstić information content (AvgIpc) is 3.44. The second-order valence-corrected chi connectivity index (χ2v) is 17.1. The zero-order chi connectivity index (χ0) is 32.8. The van der Waals surface area contributed by atoms with Crippen molar-refractivity contribution in [3.05, 3.63) is 68.1 Å². The van der Waals surface area contributed by atoms with Crippen LogP contribution in [0.25, 0.3) is 16.3 Å². The minimum absolute atomic E-state index is 0.165. The van der Waals surface area contributed by atoms with Crippen molar-refractivity contribution in [2.45, 2.75) is 50.5 Å². The first kappa shape index (κ1) is 36.2. The Hall–Kier alpha value is -1.68. The van der Waals surface area contributed by atoms with Gasteiger partial charge in [-0.15, -0.1) is 0 Å². The van der Waals surface area contributed by atoms with Gasteiger partial charge in [0.05, 0.1) is 31.0 Å². The van der Waals surface area contributed by atoms with E-state index in [1.54, 1.807) is 12.1 Å². The van der Waals surface area contributed by atoms with Crippen LogP contribution in [0, 0.1) is 0 Å². The fourth-order valence-electron chi connectivity index (χ4n) is 5.11. The van der Waals surface area contributed by atoms with Crippen LogP contribution in [0.1, 0.15) is 44.0 Å². The molecule has 1 fully saturated rings. The molecule has 0 aliphatic carbocycles. The van der Waals surface area contributed by atoms with Crippen LogP contribution < -0.4 is 9.47 Å². The lowest BCUT2D eigenvalue weighted by molar-refractivity contribution is -0.668. The van der Waals surface area contributed by atoms with Crippen molar-refractivity contribution in [1.82, 2.24) is 4.90 Å². The summed E-state index contributed by atoms with van der Waals surface area (Å²) in [5.41, 5.74) is 2.57. The molecule has 0 N–H and O–H groups in total. The van der Waals surface area contributed by atoms with Crippen molar-refractivity contribution in [2.75, 3.05) is 43.1 Å². The Labute approximate surface area is 284 Å². The van der Waals surface area contributed by atoms with E-state index in [9.17, 15) is 25.9 Å². The monoisotopic (exact) mass is 732 g/mol. The zero-order valence-electron chi connectivity index (χ0n) is 25.1. The van der Waals surface area contributed by atoms with Crippen molar-refractivity contribution in [3.63, 3.8) is 0 Å². The molecule has 15 heteroatoms. The van der Waals surface area contributed by atoms with E-state index in [0.717, 1.165) is 36.4 Å². The number of aromatic nitrogens is 1. The summed E-state index contributed by atoms with van der Waals surface area (Å²) in [5.74, 6) is -0.925. The molecule has 5 rings (SSSR count). The van der Waals surface area contributed by atoms with Gasteiger partial charge in [0, 0.05) is 51.6 Å². The van der Waals surface area contributed by atoms with Gasteiger partial charge in [-0.2, -0.15) is 4.57 Å². The van der Waals surface area contributed by atoms with E-state index < -0.39 is 31.7 Å². The number of thiazole rings is 1. The first-order valence-electron chi connectivity index (χ1n) is 14.5. The Kier molecular flexibility index (Phi) is 12.8. The lowest BCUT2D eigenvalue weighted by Gasteiger charge is -2.21. The maximum Gasteiger partial charge on any atom is 0.263 e. The summed E-state index contributed by atoms with van der Waals surface area (Å²) < 4.78 is 69.8. The highest BCUT2D eigenvalue weighted by molar-refractivity contribution is 8.03. The number of aryl methyl sites for hydroxylation is 1. The number of fused-ring (bicyclic) bond motifs is 2. The number of hydrogen-bond acceptors (Lipinski definition) is 10. The van der Waals surface area contributed by atoms with Crippen LogP contribution in [0.15, 0.2) is 58.0 Å². The first-order chi connectivity index (χ1) is 21.2. The Balaban J connectivity index is 0.000000580. The molecular formula is C30H36Cl2N3O6S4-. The maximum atomic E-state index is 11.1. The second kappa shape index (κ2) is 15.9. The lowest BCUT2D eigenvalue weighted by atomic mass is 10.1. The summed E-state index contributed by atoms with van der Waals surface area (Å²) >= 11 is 15.5. The van der Waals surface area contributed by atoms with Crippen LogP contribution in [-0.4, -0.2) is 69.0 Å². The molecule has 0 unspecified atom stereocenters. The highest BCUT2D eigenvalue weighted by Crippen LogP contribution is 2.47. The van der Waals surface area contributed by atoms with Crippen molar-refractivity contribution < 1.29 is 30.5 Å².